The third kappa shape index (κ3) is 8.24. The summed E-state index contributed by atoms with van der Waals surface area (Å²) >= 11 is 0. The molecule has 16 heavy (non-hydrogen) atoms. The molecule has 0 aromatic heterocycles. The largest absolute Gasteiger partial charge is 0.478 e. The predicted molar refractivity (Wildman–Crippen MR) is 53.8 cm³/mol. The summed E-state index contributed by atoms with van der Waals surface area (Å²) in [5.74, 6) is -4.28. The summed E-state index contributed by atoms with van der Waals surface area (Å²) in [5.41, 5.74) is 0. The highest BCUT2D eigenvalue weighted by Gasteiger charge is 1.99. The highest BCUT2D eigenvalue weighted by molar-refractivity contribution is 5.82. The zero-order chi connectivity index (χ0) is 12.6. The first-order valence-corrected chi connectivity index (χ1v) is 4.15. The van der Waals surface area contributed by atoms with Gasteiger partial charge in [-0.2, -0.15) is 0 Å². The van der Waals surface area contributed by atoms with E-state index >= 15 is 0 Å². The molecule has 0 unspecified atom stereocenters. The number of aliphatic carboxylic acids is 3. The third-order valence-electron chi connectivity index (χ3n) is 1.38. The van der Waals surface area contributed by atoms with Crippen LogP contribution in [0.25, 0.3) is 0 Å². The Kier molecular flexibility index (Phi) is 5.96. The fourth-order valence-corrected chi connectivity index (χ4v) is 0.773. The number of carboxylic acids is 3. The summed E-state index contributed by atoms with van der Waals surface area (Å²) < 4.78 is 0. The second-order valence-corrected chi connectivity index (χ2v) is 2.67. The molecule has 6 nitrogen and oxygen atoms in total. The van der Waals surface area contributed by atoms with Crippen molar-refractivity contribution >= 4 is 17.9 Å². The van der Waals surface area contributed by atoms with Crippen LogP contribution in [0.1, 0.15) is 0 Å². The smallest absolute Gasteiger partial charge is 0.328 e. The molecule has 0 heterocycles. The molecule has 0 spiro atoms. The van der Waals surface area contributed by atoms with Crippen molar-refractivity contribution in [1.29, 1.82) is 0 Å². The minimum atomic E-state index is -1.20. The summed E-state index contributed by atoms with van der Waals surface area (Å²) in [5, 5.41) is 25.0. The van der Waals surface area contributed by atoms with E-state index in [1.165, 1.54) is 18.2 Å². The van der Waals surface area contributed by atoms with Crippen LogP contribution >= 0.6 is 0 Å². The number of carboxylic acid groups (broad SMARTS) is 3. The van der Waals surface area contributed by atoms with Crippen molar-refractivity contribution in [2.75, 3.05) is 0 Å². The van der Waals surface area contributed by atoms with Gasteiger partial charge < -0.3 is 15.3 Å². The Bertz CT molecular complexity index is 306. The molecule has 0 aromatic rings. The zero-order valence-corrected chi connectivity index (χ0v) is 8.11. The first kappa shape index (κ1) is 13.6. The van der Waals surface area contributed by atoms with Crippen LogP contribution in [-0.2, 0) is 14.4 Å². The first-order chi connectivity index (χ1) is 7.41. The number of carbonyl (C=O) groups is 3. The minimum Gasteiger partial charge on any atom is -0.478 e. The quantitative estimate of drug-likeness (QED) is 0.569. The van der Waals surface area contributed by atoms with Crippen molar-refractivity contribution in [3.63, 3.8) is 0 Å². The van der Waals surface area contributed by atoms with E-state index in [0.29, 0.717) is 0 Å². The molecule has 6 heteroatoms. The van der Waals surface area contributed by atoms with Gasteiger partial charge in [-0.1, -0.05) is 18.2 Å². The molecule has 0 saturated carbocycles. The molecular weight excluding hydrogens is 216 g/mol. The van der Waals surface area contributed by atoms with Crippen LogP contribution in [-0.4, -0.2) is 33.2 Å². The Morgan fingerprint density at radius 2 is 0.938 bits per heavy atom. The van der Waals surface area contributed by atoms with E-state index in [-0.39, 0.29) is 0 Å². The average Bonchev–Trinajstić information content (AvgIpc) is 2.15. The third-order valence-corrected chi connectivity index (χ3v) is 1.38. The van der Waals surface area contributed by atoms with Crippen LogP contribution < -0.4 is 0 Å². The lowest BCUT2D eigenvalue weighted by atomic mass is 10.1. The lowest BCUT2D eigenvalue weighted by molar-refractivity contribution is -0.132. The van der Waals surface area contributed by atoms with Crippen LogP contribution in [0.15, 0.2) is 36.5 Å². The van der Waals surface area contributed by atoms with Gasteiger partial charge in [-0.15, -0.1) is 0 Å². The highest BCUT2D eigenvalue weighted by atomic mass is 16.4. The molecule has 0 aliphatic heterocycles. The summed E-state index contributed by atoms with van der Waals surface area (Å²) in [4.78, 5) is 30.6. The lowest BCUT2D eigenvalue weighted by Crippen LogP contribution is -1.96. The van der Waals surface area contributed by atoms with E-state index in [4.69, 9.17) is 15.3 Å². The molecule has 0 atom stereocenters. The second kappa shape index (κ2) is 6.99. The normalized spacial score (nSPS) is 13.5. The summed E-state index contributed by atoms with van der Waals surface area (Å²) in [6.07, 6.45) is 5.93. The number of allylic oxidation sites excluding steroid dienone is 3. The summed E-state index contributed by atoms with van der Waals surface area (Å²) in [7, 11) is 0. The van der Waals surface area contributed by atoms with Crippen molar-refractivity contribution in [2.45, 2.75) is 0 Å². The van der Waals surface area contributed by atoms with Gasteiger partial charge in [-0.05, 0) is 0 Å². The Labute approximate surface area is 90.8 Å². The van der Waals surface area contributed by atoms with Gasteiger partial charge in [-0.25, -0.2) is 14.4 Å². The Morgan fingerprint density at radius 1 is 0.688 bits per heavy atom. The standard InChI is InChI=1S/C10H10O6/c11-8(12)4-1-7(2-5-9(13)14)3-6-10(15)16/h1-7H,(H,11,12)(H,13,14)(H,15,16). The van der Waals surface area contributed by atoms with Crippen molar-refractivity contribution in [3.05, 3.63) is 36.5 Å². The maximum absolute atomic E-state index is 10.2. The van der Waals surface area contributed by atoms with Gasteiger partial charge in [-0.3, -0.25) is 0 Å². The molecule has 0 aromatic carbocycles. The van der Waals surface area contributed by atoms with Gasteiger partial charge in [0, 0.05) is 24.1 Å². The van der Waals surface area contributed by atoms with Crippen LogP contribution in [0.4, 0.5) is 0 Å². The molecule has 0 amide bonds. The number of hydrogen-bond acceptors (Lipinski definition) is 3. The molecule has 86 valence electrons. The molecule has 0 saturated heterocycles. The van der Waals surface area contributed by atoms with Crippen molar-refractivity contribution in [3.8, 4) is 0 Å². The fraction of sp³-hybridized carbons (Fsp3) is 0.100. The van der Waals surface area contributed by atoms with Gasteiger partial charge >= 0.3 is 17.9 Å². The monoisotopic (exact) mass is 226 g/mol. The van der Waals surface area contributed by atoms with Gasteiger partial charge in [0.2, 0.25) is 0 Å². The fourth-order valence-electron chi connectivity index (χ4n) is 0.773. The van der Waals surface area contributed by atoms with Gasteiger partial charge in [0.25, 0.3) is 0 Å². The van der Waals surface area contributed by atoms with E-state index in [1.54, 1.807) is 0 Å². The molecule has 0 fully saturated rings. The second-order valence-electron chi connectivity index (χ2n) is 2.67. The summed E-state index contributed by atoms with van der Waals surface area (Å²) in [6, 6.07) is 0. The van der Waals surface area contributed by atoms with Crippen molar-refractivity contribution in [2.24, 2.45) is 5.92 Å². The van der Waals surface area contributed by atoms with E-state index in [2.05, 4.69) is 0 Å². The van der Waals surface area contributed by atoms with Gasteiger partial charge in [0.1, 0.15) is 0 Å². The van der Waals surface area contributed by atoms with Crippen LogP contribution in [0.2, 0.25) is 0 Å². The van der Waals surface area contributed by atoms with Gasteiger partial charge in [0.15, 0.2) is 0 Å². The maximum Gasteiger partial charge on any atom is 0.328 e. The van der Waals surface area contributed by atoms with Gasteiger partial charge in [0.05, 0.1) is 0 Å². The Hall–Kier alpha value is -2.37. The first-order valence-electron chi connectivity index (χ1n) is 4.15. The molecule has 0 rings (SSSR count). The topological polar surface area (TPSA) is 112 Å². The molecule has 3 N–H and O–H groups in total. The van der Waals surface area contributed by atoms with Crippen molar-refractivity contribution in [1.82, 2.24) is 0 Å². The predicted octanol–water partition coefficient (Wildman–Crippen LogP) is 0.525. The number of rotatable bonds is 6. The zero-order valence-electron chi connectivity index (χ0n) is 8.11. The van der Waals surface area contributed by atoms with Crippen LogP contribution in [0.5, 0.6) is 0 Å². The molecule has 0 aliphatic rings. The molecule has 0 radical (unpaired) electrons. The Balaban J connectivity index is 4.69. The maximum atomic E-state index is 10.2. The highest BCUT2D eigenvalue weighted by Crippen LogP contribution is 2.04. The Morgan fingerprint density at radius 3 is 1.12 bits per heavy atom. The lowest BCUT2D eigenvalue weighted by Gasteiger charge is -1.97. The van der Waals surface area contributed by atoms with Crippen LogP contribution in [0, 0.1) is 5.92 Å². The van der Waals surface area contributed by atoms with E-state index in [0.717, 1.165) is 18.2 Å². The van der Waals surface area contributed by atoms with E-state index in [1.807, 2.05) is 0 Å². The SMILES string of the molecule is O=C(O)C=CC(C=CC(=O)O)C=CC(=O)O. The average molecular weight is 226 g/mol. The van der Waals surface area contributed by atoms with Crippen molar-refractivity contribution < 1.29 is 29.7 Å². The molecular formula is C10H10O6. The van der Waals surface area contributed by atoms with E-state index in [9.17, 15) is 14.4 Å². The molecule has 0 bridgehead atoms. The molecule has 0 aliphatic carbocycles. The van der Waals surface area contributed by atoms with E-state index < -0.39 is 23.8 Å². The number of hydrogen-bond donors (Lipinski definition) is 3. The minimum absolute atomic E-state index is 0.691. The van der Waals surface area contributed by atoms with Crippen LogP contribution in [0.3, 0.4) is 0 Å². The summed E-state index contributed by atoms with van der Waals surface area (Å²) in [6.45, 7) is 0.